The zero-order valence-electron chi connectivity index (χ0n) is 16.0. The van der Waals surface area contributed by atoms with Crippen LogP contribution in [0.4, 0.5) is 4.39 Å². The third-order valence-corrected chi connectivity index (χ3v) is 4.63. The topological polar surface area (TPSA) is 66.0 Å². The first-order chi connectivity index (χ1) is 12.1. The van der Waals surface area contributed by atoms with Crippen molar-refractivity contribution < 1.29 is 28.0 Å². The maximum atomic E-state index is 14.6. The predicted molar refractivity (Wildman–Crippen MR) is 97.7 cm³/mol. The molecule has 26 heavy (non-hydrogen) atoms. The largest absolute Gasteiger partial charge is 0.498 e. The van der Waals surface area contributed by atoms with Gasteiger partial charge in [0.05, 0.1) is 11.2 Å². The summed E-state index contributed by atoms with van der Waals surface area (Å²) in [5.74, 6) is -0.485. The van der Waals surface area contributed by atoms with Gasteiger partial charge in [-0.15, -0.1) is 0 Å². The van der Waals surface area contributed by atoms with Crippen molar-refractivity contribution in [1.29, 1.82) is 0 Å². The molecular weight excluding hydrogens is 340 g/mol. The lowest BCUT2D eigenvalue weighted by Crippen LogP contribution is -2.41. The van der Waals surface area contributed by atoms with Crippen molar-refractivity contribution in [2.45, 2.75) is 38.9 Å². The van der Waals surface area contributed by atoms with E-state index in [-0.39, 0.29) is 18.3 Å². The molecule has 1 heterocycles. The maximum absolute atomic E-state index is 14.6. The molecule has 1 N–H and O–H groups in total. The number of ether oxygens (including phenoxy) is 2. The summed E-state index contributed by atoms with van der Waals surface area (Å²) in [5, 5.41) is 2.44. The number of hydrogen-bond donors (Lipinski definition) is 1. The van der Waals surface area contributed by atoms with Gasteiger partial charge in [-0.1, -0.05) is 0 Å². The molecule has 0 atom stereocenters. The van der Waals surface area contributed by atoms with E-state index in [1.807, 2.05) is 27.7 Å². The van der Waals surface area contributed by atoms with Gasteiger partial charge in [0.2, 0.25) is 5.91 Å². The fourth-order valence-corrected chi connectivity index (χ4v) is 2.36. The number of amides is 1. The molecule has 0 saturated carbocycles. The zero-order valence-corrected chi connectivity index (χ0v) is 16.0. The summed E-state index contributed by atoms with van der Waals surface area (Å²) in [7, 11) is 2.21. The van der Waals surface area contributed by atoms with Crippen molar-refractivity contribution >= 4 is 24.6 Å². The molecule has 8 heteroatoms. The van der Waals surface area contributed by atoms with Gasteiger partial charge >= 0.3 is 7.12 Å². The normalized spacial score (nSPS) is 18.3. The Morgan fingerprint density at radius 2 is 1.88 bits per heavy atom. The molecule has 1 saturated heterocycles. The number of halogens is 1. The number of hydrogen-bond acceptors (Lipinski definition) is 5. The van der Waals surface area contributed by atoms with Gasteiger partial charge in [-0.2, -0.15) is 0 Å². The fourth-order valence-electron chi connectivity index (χ4n) is 2.36. The highest BCUT2D eigenvalue weighted by atomic mass is 19.1. The second-order valence-electron chi connectivity index (χ2n) is 7.00. The number of likely N-dealkylation sites (N-methyl/N-ethyl adjacent to an activating group) is 1. The summed E-state index contributed by atoms with van der Waals surface area (Å²) in [5.41, 5.74) is -0.496. The summed E-state index contributed by atoms with van der Waals surface area (Å²) < 4.78 is 37.1. The van der Waals surface area contributed by atoms with Crippen molar-refractivity contribution in [3.05, 3.63) is 29.6 Å². The van der Waals surface area contributed by atoms with E-state index in [1.165, 1.54) is 38.4 Å². The second-order valence-corrected chi connectivity index (χ2v) is 7.00. The smallest absolute Gasteiger partial charge is 0.468 e. The average molecular weight is 365 g/mol. The lowest BCUT2D eigenvalue weighted by atomic mass is 9.77. The first-order valence-corrected chi connectivity index (χ1v) is 8.32. The summed E-state index contributed by atoms with van der Waals surface area (Å²) >= 11 is 0. The van der Waals surface area contributed by atoms with Crippen molar-refractivity contribution in [2.24, 2.45) is 0 Å². The van der Waals surface area contributed by atoms with E-state index >= 15 is 0 Å². The van der Waals surface area contributed by atoms with E-state index in [1.54, 1.807) is 0 Å². The van der Waals surface area contributed by atoms with Gasteiger partial charge in [0.15, 0.2) is 6.79 Å². The first-order valence-electron chi connectivity index (χ1n) is 8.32. The van der Waals surface area contributed by atoms with Crippen LogP contribution in [0.1, 0.15) is 33.3 Å². The Morgan fingerprint density at radius 1 is 1.27 bits per heavy atom. The highest BCUT2D eigenvalue weighted by Crippen LogP contribution is 2.37. The number of benzene rings is 1. The van der Waals surface area contributed by atoms with Gasteiger partial charge in [-0.25, -0.2) is 4.39 Å². The second kappa shape index (κ2) is 7.78. The number of carbonyl (C=O) groups is 1. The number of methoxy groups -OCH3 is 1. The minimum absolute atomic E-state index is 0.0171. The van der Waals surface area contributed by atoms with Gasteiger partial charge in [0.25, 0.3) is 0 Å². The molecule has 1 fully saturated rings. The van der Waals surface area contributed by atoms with E-state index in [2.05, 4.69) is 5.32 Å². The lowest BCUT2D eigenvalue weighted by Gasteiger charge is -2.32. The minimum atomic E-state index is -0.779. The Morgan fingerprint density at radius 3 is 2.42 bits per heavy atom. The monoisotopic (exact) mass is 365 g/mol. The molecule has 0 spiro atoms. The van der Waals surface area contributed by atoms with Gasteiger partial charge in [0.1, 0.15) is 11.6 Å². The van der Waals surface area contributed by atoms with Crippen LogP contribution < -0.4 is 15.5 Å². The Labute approximate surface area is 153 Å². The number of carbonyl (C=O) groups excluding carboxylic acids is 1. The molecular formula is C18H25BFNO5. The van der Waals surface area contributed by atoms with Crippen LogP contribution in [0.2, 0.25) is 0 Å². The minimum Gasteiger partial charge on any atom is -0.468 e. The van der Waals surface area contributed by atoms with Crippen molar-refractivity contribution in [2.75, 3.05) is 21.0 Å². The number of nitrogens with one attached hydrogen (secondary N) is 1. The molecule has 142 valence electrons. The molecule has 1 aromatic rings. The third kappa shape index (κ3) is 4.25. The first kappa shape index (κ1) is 20.4. The van der Waals surface area contributed by atoms with Crippen LogP contribution in [0, 0.1) is 5.82 Å². The summed E-state index contributed by atoms with van der Waals surface area (Å²) in [6, 6.07) is 2.80. The SMILES string of the molecule is CNC(=O)/C=C/c1cc(OCOC)c(B2OC(C)(C)C(C)(C)O2)cc1F. The summed E-state index contributed by atoms with van der Waals surface area (Å²) in [4.78, 5) is 11.4. The summed E-state index contributed by atoms with van der Waals surface area (Å²) in [6.07, 6.45) is 2.62. The quantitative estimate of drug-likeness (QED) is 0.474. The van der Waals surface area contributed by atoms with Crippen LogP contribution >= 0.6 is 0 Å². The molecule has 0 unspecified atom stereocenters. The van der Waals surface area contributed by atoms with E-state index < -0.39 is 24.1 Å². The molecule has 1 aromatic carbocycles. The molecule has 1 aliphatic heterocycles. The van der Waals surface area contributed by atoms with Crippen LogP contribution in [0.3, 0.4) is 0 Å². The van der Waals surface area contributed by atoms with E-state index in [4.69, 9.17) is 18.8 Å². The fraction of sp³-hybridized carbons (Fsp3) is 0.500. The Kier molecular flexibility index (Phi) is 6.11. The van der Waals surface area contributed by atoms with Gasteiger partial charge in [-0.05, 0) is 45.9 Å². The molecule has 6 nitrogen and oxygen atoms in total. The Bertz CT molecular complexity index is 689. The average Bonchev–Trinajstić information content (AvgIpc) is 2.79. The molecule has 0 bridgehead atoms. The van der Waals surface area contributed by atoms with Crippen LogP contribution in [0.5, 0.6) is 5.75 Å². The lowest BCUT2D eigenvalue weighted by molar-refractivity contribution is -0.115. The highest BCUT2D eigenvalue weighted by molar-refractivity contribution is 6.63. The standard InChI is InChI=1S/C18H25BFNO5/c1-17(2)18(3,4)26-19(25-17)13-10-14(20)12(7-8-16(22)21-5)9-15(13)24-11-23-6/h7-10H,11H2,1-6H3,(H,21,22)/b8-7+. The highest BCUT2D eigenvalue weighted by Gasteiger charge is 2.52. The van der Waals surface area contributed by atoms with Crippen LogP contribution in [0.15, 0.2) is 18.2 Å². The molecule has 2 rings (SSSR count). The Hall–Kier alpha value is -1.90. The van der Waals surface area contributed by atoms with Crippen LogP contribution in [-0.2, 0) is 18.8 Å². The molecule has 0 aromatic heterocycles. The number of rotatable bonds is 6. The zero-order chi connectivity index (χ0) is 19.5. The van der Waals surface area contributed by atoms with E-state index in [0.717, 1.165) is 0 Å². The van der Waals surface area contributed by atoms with Gasteiger partial charge < -0.3 is 24.1 Å². The predicted octanol–water partition coefficient (Wildman–Crippen LogP) is 1.87. The van der Waals surface area contributed by atoms with E-state index in [0.29, 0.717) is 11.2 Å². The molecule has 0 aliphatic carbocycles. The van der Waals surface area contributed by atoms with Crippen LogP contribution in [-0.4, -0.2) is 45.2 Å². The van der Waals surface area contributed by atoms with Crippen molar-refractivity contribution in [1.82, 2.24) is 5.32 Å². The maximum Gasteiger partial charge on any atom is 0.498 e. The molecule has 1 aliphatic rings. The van der Waals surface area contributed by atoms with E-state index in [9.17, 15) is 9.18 Å². The van der Waals surface area contributed by atoms with Crippen molar-refractivity contribution in [3.63, 3.8) is 0 Å². The van der Waals surface area contributed by atoms with Crippen LogP contribution in [0.25, 0.3) is 6.08 Å². The molecule has 1 amide bonds. The third-order valence-electron chi connectivity index (χ3n) is 4.63. The summed E-state index contributed by atoms with van der Waals surface area (Å²) in [6.45, 7) is 7.65. The van der Waals surface area contributed by atoms with Crippen molar-refractivity contribution in [3.8, 4) is 5.75 Å². The van der Waals surface area contributed by atoms with Gasteiger partial charge in [0, 0.05) is 31.3 Å². The Balaban J connectivity index is 2.41. The molecule has 0 radical (unpaired) electrons. The van der Waals surface area contributed by atoms with Gasteiger partial charge in [-0.3, -0.25) is 4.79 Å².